The van der Waals surface area contributed by atoms with Gasteiger partial charge in [-0.15, -0.1) is 0 Å². The third-order valence-corrected chi connectivity index (χ3v) is 4.86. The van der Waals surface area contributed by atoms with Crippen molar-refractivity contribution in [3.05, 3.63) is 0 Å². The molecule has 1 aliphatic heterocycles. The van der Waals surface area contributed by atoms with Gasteiger partial charge < -0.3 is 5.11 Å². The Labute approximate surface area is 115 Å². The molecule has 0 amide bonds. The molecule has 1 heterocycles. The van der Waals surface area contributed by atoms with Crippen LogP contribution in [-0.4, -0.2) is 42.9 Å². The number of hydrogen-bond acceptors (Lipinski definition) is 3. The second kappa shape index (κ2) is 6.19. The van der Waals surface area contributed by atoms with Crippen LogP contribution in [0.2, 0.25) is 0 Å². The van der Waals surface area contributed by atoms with Gasteiger partial charge in [-0.1, -0.05) is 33.6 Å². The highest BCUT2D eigenvalue weighted by Crippen LogP contribution is 2.21. The van der Waals surface area contributed by atoms with Gasteiger partial charge in [-0.2, -0.15) is 17.4 Å². The van der Waals surface area contributed by atoms with Crippen LogP contribution in [0.3, 0.4) is 0 Å². The van der Waals surface area contributed by atoms with Crippen molar-refractivity contribution in [1.82, 2.24) is 9.03 Å². The Balaban J connectivity index is 2.84. The lowest BCUT2D eigenvalue weighted by molar-refractivity contribution is -0.141. The maximum Gasteiger partial charge on any atom is 0.322 e. The molecular weight excluding hydrogens is 268 g/mol. The molecule has 1 saturated heterocycles. The van der Waals surface area contributed by atoms with Crippen molar-refractivity contribution in [2.24, 2.45) is 5.41 Å². The summed E-state index contributed by atoms with van der Waals surface area (Å²) >= 11 is 0. The summed E-state index contributed by atoms with van der Waals surface area (Å²) < 4.78 is 28.2. The summed E-state index contributed by atoms with van der Waals surface area (Å²) in [7, 11) is -3.73. The van der Waals surface area contributed by atoms with E-state index in [1.165, 1.54) is 4.31 Å². The number of hydrogen-bond donors (Lipinski definition) is 2. The molecule has 1 rings (SSSR count). The molecule has 0 radical (unpaired) electrons. The standard InChI is InChI=1S/C12H24N2O4S/c1-12(2,3)10(11(15)16)13-19(17,18)14-8-6-4-5-7-9-14/h10,13H,4-9H2,1-3H3,(H,15,16)/t10-/m1/s1. The second-order valence-corrected chi connectivity index (χ2v) is 7.78. The highest BCUT2D eigenvalue weighted by atomic mass is 32.2. The molecule has 1 aliphatic rings. The zero-order valence-corrected chi connectivity index (χ0v) is 12.7. The van der Waals surface area contributed by atoms with Gasteiger partial charge in [0.25, 0.3) is 10.2 Å². The zero-order valence-electron chi connectivity index (χ0n) is 11.8. The van der Waals surface area contributed by atoms with Gasteiger partial charge in [0.15, 0.2) is 0 Å². The molecule has 0 aromatic heterocycles. The van der Waals surface area contributed by atoms with Crippen LogP contribution in [0.15, 0.2) is 0 Å². The summed E-state index contributed by atoms with van der Waals surface area (Å²) in [6, 6.07) is -1.12. The molecule has 0 saturated carbocycles. The number of nitrogens with one attached hydrogen (secondary N) is 1. The molecule has 2 N–H and O–H groups in total. The maximum atomic E-state index is 12.3. The quantitative estimate of drug-likeness (QED) is 0.815. The average molecular weight is 292 g/mol. The SMILES string of the molecule is CC(C)(C)[C@H](NS(=O)(=O)N1CCCCCC1)C(=O)O. The summed E-state index contributed by atoms with van der Waals surface area (Å²) in [5, 5.41) is 9.18. The van der Waals surface area contributed by atoms with Gasteiger partial charge in [-0.05, 0) is 18.3 Å². The third kappa shape index (κ3) is 4.74. The first-order valence-electron chi connectivity index (χ1n) is 6.65. The van der Waals surface area contributed by atoms with Crippen molar-refractivity contribution in [3.8, 4) is 0 Å². The van der Waals surface area contributed by atoms with Crippen molar-refractivity contribution < 1.29 is 18.3 Å². The van der Waals surface area contributed by atoms with E-state index in [1.54, 1.807) is 20.8 Å². The summed E-state index contributed by atoms with van der Waals surface area (Å²) in [6.07, 6.45) is 3.70. The molecule has 7 heteroatoms. The van der Waals surface area contributed by atoms with Crippen molar-refractivity contribution in [1.29, 1.82) is 0 Å². The Hall–Kier alpha value is -0.660. The predicted octanol–water partition coefficient (Wildman–Crippen LogP) is 1.20. The number of aliphatic carboxylic acids is 1. The van der Waals surface area contributed by atoms with E-state index in [4.69, 9.17) is 0 Å². The van der Waals surface area contributed by atoms with Gasteiger partial charge in [0.1, 0.15) is 6.04 Å². The summed E-state index contributed by atoms with van der Waals surface area (Å²) in [6.45, 7) is 6.04. The van der Waals surface area contributed by atoms with Gasteiger partial charge in [0.2, 0.25) is 0 Å². The van der Waals surface area contributed by atoms with E-state index < -0.39 is 27.6 Å². The van der Waals surface area contributed by atoms with E-state index in [0.717, 1.165) is 25.7 Å². The molecule has 0 bridgehead atoms. The third-order valence-electron chi connectivity index (χ3n) is 3.28. The van der Waals surface area contributed by atoms with Crippen LogP contribution in [0.5, 0.6) is 0 Å². The average Bonchev–Trinajstić information content (AvgIpc) is 2.52. The van der Waals surface area contributed by atoms with Gasteiger partial charge in [-0.3, -0.25) is 4.79 Å². The maximum absolute atomic E-state index is 12.3. The van der Waals surface area contributed by atoms with Crippen LogP contribution in [0.1, 0.15) is 46.5 Å². The highest BCUT2D eigenvalue weighted by molar-refractivity contribution is 7.87. The van der Waals surface area contributed by atoms with E-state index in [1.807, 2.05) is 0 Å². The number of nitrogens with zero attached hydrogens (tertiary/aromatic N) is 1. The molecule has 0 unspecified atom stereocenters. The van der Waals surface area contributed by atoms with Crippen LogP contribution < -0.4 is 4.72 Å². The van der Waals surface area contributed by atoms with Crippen molar-refractivity contribution in [2.45, 2.75) is 52.5 Å². The molecule has 1 atom stereocenters. The molecule has 112 valence electrons. The van der Waals surface area contributed by atoms with Crippen molar-refractivity contribution in [2.75, 3.05) is 13.1 Å². The Morgan fingerprint density at radius 1 is 1.16 bits per heavy atom. The zero-order chi connectivity index (χ0) is 14.7. The molecule has 1 fully saturated rings. The van der Waals surface area contributed by atoms with Gasteiger partial charge in [-0.25, -0.2) is 0 Å². The van der Waals surface area contributed by atoms with E-state index in [2.05, 4.69) is 4.72 Å². The lowest BCUT2D eigenvalue weighted by Crippen LogP contribution is -2.53. The topological polar surface area (TPSA) is 86.7 Å². The summed E-state index contributed by atoms with van der Waals surface area (Å²) in [5.41, 5.74) is -0.676. The van der Waals surface area contributed by atoms with E-state index >= 15 is 0 Å². The van der Waals surface area contributed by atoms with Crippen LogP contribution in [0.4, 0.5) is 0 Å². The Morgan fingerprint density at radius 2 is 1.63 bits per heavy atom. The number of carbonyl (C=O) groups is 1. The summed E-state index contributed by atoms with van der Waals surface area (Å²) in [4.78, 5) is 11.2. The molecule has 0 aliphatic carbocycles. The fourth-order valence-electron chi connectivity index (χ4n) is 2.10. The number of carboxylic acids is 1. The van der Waals surface area contributed by atoms with Crippen LogP contribution >= 0.6 is 0 Å². The summed E-state index contributed by atoms with van der Waals surface area (Å²) in [5.74, 6) is -1.15. The first-order valence-corrected chi connectivity index (χ1v) is 8.09. The lowest BCUT2D eigenvalue weighted by atomic mass is 9.88. The number of carboxylic acid groups (broad SMARTS) is 1. The van der Waals surface area contributed by atoms with Gasteiger partial charge in [0, 0.05) is 13.1 Å². The van der Waals surface area contributed by atoms with E-state index in [0.29, 0.717) is 13.1 Å². The van der Waals surface area contributed by atoms with Crippen LogP contribution in [0.25, 0.3) is 0 Å². The monoisotopic (exact) mass is 292 g/mol. The van der Waals surface area contributed by atoms with E-state index in [-0.39, 0.29) is 0 Å². The predicted molar refractivity (Wildman–Crippen MR) is 73.0 cm³/mol. The smallest absolute Gasteiger partial charge is 0.322 e. The first kappa shape index (κ1) is 16.4. The second-order valence-electron chi connectivity index (χ2n) is 6.07. The highest BCUT2D eigenvalue weighted by Gasteiger charge is 2.36. The lowest BCUT2D eigenvalue weighted by Gasteiger charge is -2.30. The molecule has 0 aromatic rings. The molecule has 19 heavy (non-hydrogen) atoms. The van der Waals surface area contributed by atoms with Gasteiger partial charge in [0.05, 0.1) is 0 Å². The largest absolute Gasteiger partial charge is 0.480 e. The van der Waals surface area contributed by atoms with Crippen molar-refractivity contribution >= 4 is 16.2 Å². The molecular formula is C12H24N2O4S. The van der Waals surface area contributed by atoms with Gasteiger partial charge >= 0.3 is 5.97 Å². The minimum atomic E-state index is -3.73. The normalized spacial score (nSPS) is 20.8. The first-order chi connectivity index (χ1) is 8.64. The van der Waals surface area contributed by atoms with Crippen LogP contribution in [0, 0.1) is 5.41 Å². The Bertz CT molecular complexity index is 406. The molecule has 0 aromatic carbocycles. The fourth-order valence-corrected chi connectivity index (χ4v) is 3.74. The molecule has 6 nitrogen and oxygen atoms in total. The molecule has 0 spiro atoms. The van der Waals surface area contributed by atoms with Crippen molar-refractivity contribution in [3.63, 3.8) is 0 Å². The minimum absolute atomic E-state index is 0.464. The Morgan fingerprint density at radius 3 is 2.00 bits per heavy atom. The van der Waals surface area contributed by atoms with E-state index in [9.17, 15) is 18.3 Å². The Kier molecular flexibility index (Phi) is 5.34. The van der Waals surface area contributed by atoms with Crippen LogP contribution in [-0.2, 0) is 15.0 Å². The fraction of sp³-hybridized carbons (Fsp3) is 0.917. The minimum Gasteiger partial charge on any atom is -0.480 e. The number of rotatable bonds is 4.